The van der Waals surface area contributed by atoms with E-state index in [1.165, 1.54) is 30.0 Å². The number of ether oxygens (including phenoxy) is 1. The van der Waals surface area contributed by atoms with Crippen LogP contribution in [0.2, 0.25) is 0 Å². The summed E-state index contributed by atoms with van der Waals surface area (Å²) in [6, 6.07) is 0. The Hall–Kier alpha value is -0.130. The number of guanidine groups is 1. The van der Waals surface area contributed by atoms with Gasteiger partial charge in [-0.05, 0) is 32.1 Å². The summed E-state index contributed by atoms with van der Waals surface area (Å²) in [5.41, 5.74) is 0. The van der Waals surface area contributed by atoms with Crippen LogP contribution in [0.1, 0.15) is 52.9 Å². The van der Waals surface area contributed by atoms with Crippen molar-refractivity contribution in [2.45, 2.75) is 59.0 Å². The van der Waals surface area contributed by atoms with Gasteiger partial charge < -0.3 is 15.4 Å². The van der Waals surface area contributed by atoms with E-state index in [4.69, 9.17) is 4.74 Å². The minimum atomic E-state index is -3.21. The van der Waals surface area contributed by atoms with Gasteiger partial charge in [0.05, 0.1) is 11.9 Å². The van der Waals surface area contributed by atoms with Crippen LogP contribution < -0.4 is 10.6 Å². The third-order valence-corrected chi connectivity index (χ3v) is 7.03. The second kappa shape index (κ2) is 14.8. The predicted molar refractivity (Wildman–Crippen MR) is 123 cm³/mol. The minimum Gasteiger partial charge on any atom is -0.378 e. The average molecular weight is 519 g/mol. The first-order chi connectivity index (χ1) is 12.5. The number of halogens is 1. The van der Waals surface area contributed by atoms with E-state index in [9.17, 15) is 8.42 Å². The molecule has 1 aliphatic rings. The molecule has 1 atom stereocenters. The van der Waals surface area contributed by atoms with Crippen molar-refractivity contribution in [2.75, 3.05) is 45.6 Å². The molecule has 1 saturated carbocycles. The standard InChI is InChI=1S/C18H38N4O3S.HI/c1-5-22(6-2)26(23,24)15-14-21-18(19-4)20-13-12-17(25-7-3)16-10-8-9-11-16;/h16-17H,5-15H2,1-4H3,(H2,19,20,21);1H. The molecule has 0 aliphatic heterocycles. The number of aliphatic imine (C=N–C) groups is 1. The van der Waals surface area contributed by atoms with Gasteiger partial charge in [-0.2, -0.15) is 0 Å². The van der Waals surface area contributed by atoms with Gasteiger partial charge in [0.2, 0.25) is 10.0 Å². The van der Waals surface area contributed by atoms with Gasteiger partial charge in [-0.25, -0.2) is 12.7 Å². The maximum absolute atomic E-state index is 12.2. The van der Waals surface area contributed by atoms with Gasteiger partial charge in [-0.3, -0.25) is 4.99 Å². The largest absolute Gasteiger partial charge is 0.378 e. The van der Waals surface area contributed by atoms with E-state index >= 15 is 0 Å². The quantitative estimate of drug-likeness (QED) is 0.236. The van der Waals surface area contributed by atoms with Crippen LogP contribution in [0, 0.1) is 5.92 Å². The van der Waals surface area contributed by atoms with E-state index < -0.39 is 10.0 Å². The summed E-state index contributed by atoms with van der Waals surface area (Å²) >= 11 is 0. The van der Waals surface area contributed by atoms with Gasteiger partial charge in [-0.15, -0.1) is 24.0 Å². The molecule has 0 radical (unpaired) electrons. The summed E-state index contributed by atoms with van der Waals surface area (Å²) in [5, 5.41) is 6.37. The van der Waals surface area contributed by atoms with E-state index in [1.807, 2.05) is 20.8 Å². The number of hydrogen-bond donors (Lipinski definition) is 2. The topological polar surface area (TPSA) is 83.0 Å². The van der Waals surface area contributed by atoms with Crippen molar-refractivity contribution >= 4 is 40.0 Å². The molecule has 1 fully saturated rings. The molecule has 9 heteroatoms. The zero-order valence-electron chi connectivity index (χ0n) is 17.4. The van der Waals surface area contributed by atoms with Crippen LogP contribution in [0.4, 0.5) is 0 Å². The Morgan fingerprint density at radius 2 is 1.74 bits per heavy atom. The number of nitrogens with zero attached hydrogens (tertiary/aromatic N) is 2. The van der Waals surface area contributed by atoms with Gasteiger partial charge in [0, 0.05) is 39.8 Å². The molecule has 0 amide bonds. The zero-order valence-corrected chi connectivity index (χ0v) is 20.5. The molecule has 0 aromatic heterocycles. The van der Waals surface area contributed by atoms with Crippen LogP contribution in [0.15, 0.2) is 4.99 Å². The fourth-order valence-electron chi connectivity index (χ4n) is 3.60. The first-order valence-electron chi connectivity index (χ1n) is 10.0. The molecule has 162 valence electrons. The molecule has 0 spiro atoms. The fourth-order valence-corrected chi connectivity index (χ4v) is 5.00. The highest BCUT2D eigenvalue weighted by atomic mass is 127. The molecular formula is C18H39IN4O3S. The van der Waals surface area contributed by atoms with E-state index in [2.05, 4.69) is 15.6 Å². The Kier molecular flexibility index (Phi) is 14.7. The highest BCUT2D eigenvalue weighted by Gasteiger charge is 2.25. The van der Waals surface area contributed by atoms with Crippen molar-refractivity contribution in [1.29, 1.82) is 0 Å². The maximum Gasteiger partial charge on any atom is 0.215 e. The Balaban J connectivity index is 0.00000676. The maximum atomic E-state index is 12.2. The van der Waals surface area contributed by atoms with Crippen molar-refractivity contribution < 1.29 is 13.2 Å². The monoisotopic (exact) mass is 518 g/mol. The fraction of sp³-hybridized carbons (Fsp3) is 0.944. The SMILES string of the molecule is CCOC(CCNC(=NC)NCCS(=O)(=O)N(CC)CC)C1CCCC1.I. The Labute approximate surface area is 183 Å². The van der Waals surface area contributed by atoms with E-state index in [0.717, 1.165) is 19.6 Å². The van der Waals surface area contributed by atoms with E-state index in [1.54, 1.807) is 7.05 Å². The number of nitrogens with one attached hydrogen (secondary N) is 2. The lowest BCUT2D eigenvalue weighted by Gasteiger charge is -2.24. The summed E-state index contributed by atoms with van der Waals surface area (Å²) in [5.74, 6) is 1.38. The van der Waals surface area contributed by atoms with Crippen LogP contribution in [-0.2, 0) is 14.8 Å². The lowest BCUT2D eigenvalue weighted by Crippen LogP contribution is -2.43. The van der Waals surface area contributed by atoms with Gasteiger partial charge >= 0.3 is 0 Å². The molecule has 0 saturated heterocycles. The smallest absolute Gasteiger partial charge is 0.215 e. The van der Waals surface area contributed by atoms with Crippen LogP contribution in [0.5, 0.6) is 0 Å². The van der Waals surface area contributed by atoms with Crippen molar-refractivity contribution in [3.63, 3.8) is 0 Å². The highest BCUT2D eigenvalue weighted by molar-refractivity contribution is 14.0. The zero-order chi connectivity index (χ0) is 19.4. The number of rotatable bonds is 12. The van der Waals surface area contributed by atoms with Crippen LogP contribution >= 0.6 is 24.0 Å². The second-order valence-electron chi connectivity index (χ2n) is 6.65. The normalized spacial score (nSPS) is 17.0. The Morgan fingerprint density at radius 3 is 2.26 bits per heavy atom. The van der Waals surface area contributed by atoms with Crippen molar-refractivity contribution in [3.05, 3.63) is 0 Å². The van der Waals surface area contributed by atoms with Crippen molar-refractivity contribution in [1.82, 2.24) is 14.9 Å². The molecular weight excluding hydrogens is 479 g/mol. The molecule has 0 aromatic rings. The van der Waals surface area contributed by atoms with Gasteiger partial charge in [-0.1, -0.05) is 26.7 Å². The minimum absolute atomic E-state index is 0. The number of hydrogen-bond acceptors (Lipinski definition) is 4. The molecule has 1 unspecified atom stereocenters. The Bertz CT molecular complexity index is 507. The first kappa shape index (κ1) is 26.9. The summed E-state index contributed by atoms with van der Waals surface area (Å²) in [7, 11) is -1.51. The van der Waals surface area contributed by atoms with E-state index in [-0.39, 0.29) is 29.7 Å². The molecule has 0 aromatic carbocycles. The molecule has 0 heterocycles. The molecule has 7 nitrogen and oxygen atoms in total. The van der Waals surface area contributed by atoms with Crippen molar-refractivity contribution in [2.24, 2.45) is 10.9 Å². The molecule has 2 N–H and O–H groups in total. The summed E-state index contributed by atoms with van der Waals surface area (Å²) in [4.78, 5) is 4.18. The lowest BCUT2D eigenvalue weighted by molar-refractivity contribution is 0.0169. The summed E-state index contributed by atoms with van der Waals surface area (Å²) in [6.45, 7) is 8.63. The Morgan fingerprint density at radius 1 is 1.15 bits per heavy atom. The molecule has 1 rings (SSSR count). The summed E-state index contributed by atoms with van der Waals surface area (Å²) in [6.07, 6.45) is 6.40. The first-order valence-corrected chi connectivity index (χ1v) is 11.6. The van der Waals surface area contributed by atoms with Gasteiger partial charge in [0.15, 0.2) is 5.96 Å². The highest BCUT2D eigenvalue weighted by Crippen LogP contribution is 2.30. The van der Waals surface area contributed by atoms with Crippen molar-refractivity contribution in [3.8, 4) is 0 Å². The lowest BCUT2D eigenvalue weighted by atomic mass is 9.98. The van der Waals surface area contributed by atoms with Crippen LogP contribution in [0.3, 0.4) is 0 Å². The third kappa shape index (κ3) is 9.76. The predicted octanol–water partition coefficient (Wildman–Crippen LogP) is 2.43. The average Bonchev–Trinajstić information content (AvgIpc) is 3.14. The summed E-state index contributed by atoms with van der Waals surface area (Å²) < 4.78 is 31.8. The molecule has 0 bridgehead atoms. The van der Waals surface area contributed by atoms with E-state index in [0.29, 0.717) is 37.6 Å². The van der Waals surface area contributed by atoms with Gasteiger partial charge in [0.25, 0.3) is 0 Å². The van der Waals surface area contributed by atoms with Gasteiger partial charge in [0.1, 0.15) is 0 Å². The third-order valence-electron chi connectivity index (χ3n) is 5.00. The van der Waals surface area contributed by atoms with Crippen LogP contribution in [0.25, 0.3) is 0 Å². The number of sulfonamides is 1. The second-order valence-corrected chi connectivity index (χ2v) is 8.74. The molecule has 1 aliphatic carbocycles. The molecule has 27 heavy (non-hydrogen) atoms. The van der Waals surface area contributed by atoms with Crippen LogP contribution in [-0.4, -0.2) is 70.4 Å².